The molecule has 5 rings (SSSR count). The number of rotatable bonds is 6. The van der Waals surface area contributed by atoms with Crippen LogP contribution in [0.4, 0.5) is 5.69 Å². The van der Waals surface area contributed by atoms with E-state index in [2.05, 4.69) is 26.0 Å². The van der Waals surface area contributed by atoms with E-state index in [9.17, 15) is 14.9 Å². The molecule has 186 valence electrons. The van der Waals surface area contributed by atoms with E-state index in [0.29, 0.717) is 37.3 Å². The van der Waals surface area contributed by atoms with E-state index in [0.717, 1.165) is 10.1 Å². The minimum atomic E-state index is -0.533. The first-order chi connectivity index (χ1) is 17.7. The van der Waals surface area contributed by atoms with Crippen molar-refractivity contribution in [2.24, 2.45) is 5.10 Å². The molecular formula is C26H18BrClN4O5. The summed E-state index contributed by atoms with van der Waals surface area (Å²) < 4.78 is 13.3. The minimum absolute atomic E-state index is 0.0358. The molecule has 9 nitrogen and oxygen atoms in total. The Hall–Kier alpha value is -4.02. The maximum absolute atomic E-state index is 13.5. The van der Waals surface area contributed by atoms with E-state index in [1.54, 1.807) is 68.4 Å². The summed E-state index contributed by atoms with van der Waals surface area (Å²) in [6, 6.07) is 16.7. The van der Waals surface area contributed by atoms with Gasteiger partial charge in [0.2, 0.25) is 11.6 Å². The second-order valence-corrected chi connectivity index (χ2v) is 9.73. The number of ether oxygens (including phenoxy) is 1. The van der Waals surface area contributed by atoms with Gasteiger partial charge >= 0.3 is 5.69 Å². The van der Waals surface area contributed by atoms with E-state index >= 15 is 0 Å². The first kappa shape index (κ1) is 24.7. The average Bonchev–Trinajstić information content (AvgIpc) is 3.27. The van der Waals surface area contributed by atoms with Crippen molar-refractivity contribution in [1.82, 2.24) is 9.66 Å². The number of nitro benzene ring substituents is 1. The Morgan fingerprint density at radius 1 is 1.19 bits per heavy atom. The number of hydrogen-bond acceptors (Lipinski definition) is 7. The van der Waals surface area contributed by atoms with Gasteiger partial charge in [-0.15, -0.1) is 0 Å². The zero-order valence-corrected chi connectivity index (χ0v) is 21.9. The number of benzene rings is 3. The van der Waals surface area contributed by atoms with Gasteiger partial charge < -0.3 is 9.15 Å². The molecule has 0 radical (unpaired) electrons. The largest absolute Gasteiger partial charge is 0.484 e. The fourth-order valence-electron chi connectivity index (χ4n) is 3.83. The van der Waals surface area contributed by atoms with Crippen LogP contribution in [0.2, 0.25) is 5.02 Å². The highest BCUT2D eigenvalue weighted by atomic mass is 79.9. The number of nitro groups is 1. The second-order valence-electron chi connectivity index (χ2n) is 8.37. The van der Waals surface area contributed by atoms with Gasteiger partial charge in [0, 0.05) is 26.5 Å². The number of halogens is 2. The summed E-state index contributed by atoms with van der Waals surface area (Å²) in [5.74, 6) is 0.493. The van der Waals surface area contributed by atoms with Crippen LogP contribution in [0.5, 0.6) is 5.75 Å². The number of nitrogens with zero attached hydrogens (tertiary/aromatic N) is 4. The lowest BCUT2D eigenvalue weighted by Gasteiger charge is -2.13. The van der Waals surface area contributed by atoms with Gasteiger partial charge in [0.05, 0.1) is 28.1 Å². The summed E-state index contributed by atoms with van der Waals surface area (Å²) in [4.78, 5) is 29.3. The Bertz CT molecular complexity index is 1780. The van der Waals surface area contributed by atoms with Crippen molar-refractivity contribution >= 4 is 61.3 Å². The summed E-state index contributed by atoms with van der Waals surface area (Å²) in [5, 5.41) is 17.7. The van der Waals surface area contributed by atoms with Gasteiger partial charge in [-0.3, -0.25) is 14.9 Å². The zero-order valence-electron chi connectivity index (χ0n) is 19.5. The van der Waals surface area contributed by atoms with E-state index in [1.807, 2.05) is 0 Å². The zero-order chi connectivity index (χ0) is 26.3. The first-order valence-electron chi connectivity index (χ1n) is 11.1. The van der Waals surface area contributed by atoms with Crippen molar-refractivity contribution in [3.05, 3.63) is 96.2 Å². The van der Waals surface area contributed by atoms with Crippen LogP contribution in [0.1, 0.15) is 19.4 Å². The molecule has 0 N–H and O–H groups in total. The molecule has 0 saturated heterocycles. The van der Waals surface area contributed by atoms with Crippen molar-refractivity contribution in [2.75, 3.05) is 0 Å². The standard InChI is InChI=1S/C26H18BrClN4O5/c1-14(2)36-24-16(9-17(27)12-21(24)32(34)35)13-29-31-25(30-20-6-4-3-5-19(20)26(31)33)23-11-15-10-18(28)7-8-22(15)37-23/h3-14H,1-2H3. The molecule has 0 atom stereocenters. The minimum Gasteiger partial charge on any atom is -0.484 e. The summed E-state index contributed by atoms with van der Waals surface area (Å²) in [7, 11) is 0. The Morgan fingerprint density at radius 2 is 1.97 bits per heavy atom. The van der Waals surface area contributed by atoms with Crippen LogP contribution in [0, 0.1) is 10.1 Å². The third-order valence-electron chi connectivity index (χ3n) is 5.38. The van der Waals surface area contributed by atoms with Crippen molar-refractivity contribution in [3.8, 4) is 17.3 Å². The van der Waals surface area contributed by atoms with Crippen molar-refractivity contribution in [2.45, 2.75) is 20.0 Å². The lowest BCUT2D eigenvalue weighted by atomic mass is 10.2. The molecule has 0 fully saturated rings. The topological polar surface area (TPSA) is 113 Å². The Balaban J connectivity index is 1.74. The van der Waals surface area contributed by atoms with Gasteiger partial charge in [-0.1, -0.05) is 39.7 Å². The molecule has 11 heteroatoms. The molecule has 0 saturated carbocycles. The predicted octanol–water partition coefficient (Wildman–Crippen LogP) is 6.80. The quantitative estimate of drug-likeness (QED) is 0.124. The van der Waals surface area contributed by atoms with E-state index in [4.69, 9.17) is 20.8 Å². The monoisotopic (exact) mass is 580 g/mol. The lowest BCUT2D eigenvalue weighted by molar-refractivity contribution is -0.386. The van der Waals surface area contributed by atoms with Crippen LogP contribution in [-0.2, 0) is 0 Å². The summed E-state index contributed by atoms with van der Waals surface area (Å²) >= 11 is 9.43. The Labute approximate surface area is 223 Å². The number of para-hydroxylation sites is 1. The number of fused-ring (bicyclic) bond motifs is 2. The predicted molar refractivity (Wildman–Crippen MR) is 146 cm³/mol. The molecule has 2 heterocycles. The van der Waals surface area contributed by atoms with Crippen LogP contribution in [0.3, 0.4) is 0 Å². The molecule has 0 aliphatic heterocycles. The number of furan rings is 1. The molecule has 2 aromatic heterocycles. The maximum atomic E-state index is 13.5. The van der Waals surface area contributed by atoms with Gasteiger partial charge in [-0.05, 0) is 56.3 Å². The Morgan fingerprint density at radius 3 is 2.73 bits per heavy atom. The molecule has 0 bridgehead atoms. The third-order valence-corrected chi connectivity index (χ3v) is 6.07. The van der Waals surface area contributed by atoms with Gasteiger partial charge in [-0.25, -0.2) is 4.98 Å². The Kier molecular flexibility index (Phi) is 6.53. The van der Waals surface area contributed by atoms with Crippen molar-refractivity contribution < 1.29 is 14.1 Å². The lowest BCUT2D eigenvalue weighted by Crippen LogP contribution is -2.20. The molecule has 0 aliphatic rings. The van der Waals surface area contributed by atoms with E-state index in [1.165, 1.54) is 12.3 Å². The highest BCUT2D eigenvalue weighted by Crippen LogP contribution is 2.35. The molecule has 0 aliphatic carbocycles. The molecule has 5 aromatic rings. The van der Waals surface area contributed by atoms with Crippen LogP contribution in [0.25, 0.3) is 33.5 Å². The highest BCUT2D eigenvalue weighted by Gasteiger charge is 2.22. The van der Waals surface area contributed by atoms with Gasteiger partial charge in [0.1, 0.15) is 5.58 Å². The molecule has 0 unspecified atom stereocenters. The van der Waals surface area contributed by atoms with Crippen molar-refractivity contribution in [1.29, 1.82) is 0 Å². The maximum Gasteiger partial charge on any atom is 0.312 e. The molecule has 0 spiro atoms. The molecular weight excluding hydrogens is 564 g/mol. The van der Waals surface area contributed by atoms with Crippen molar-refractivity contribution in [3.63, 3.8) is 0 Å². The SMILES string of the molecule is CC(C)Oc1c(C=Nn2c(-c3cc4cc(Cl)ccc4o3)nc3ccccc3c2=O)cc(Br)cc1[N+](=O)[O-]. The highest BCUT2D eigenvalue weighted by molar-refractivity contribution is 9.10. The molecule has 0 amide bonds. The smallest absolute Gasteiger partial charge is 0.312 e. The first-order valence-corrected chi connectivity index (χ1v) is 12.3. The van der Waals surface area contributed by atoms with E-state index in [-0.39, 0.29) is 23.4 Å². The third kappa shape index (κ3) is 4.85. The average molecular weight is 582 g/mol. The van der Waals surface area contributed by atoms with E-state index < -0.39 is 10.5 Å². The van der Waals surface area contributed by atoms with Crippen LogP contribution >= 0.6 is 27.5 Å². The fraction of sp³-hybridized carbons (Fsp3) is 0.115. The van der Waals surface area contributed by atoms with Gasteiger partial charge in [0.15, 0.2) is 5.76 Å². The van der Waals surface area contributed by atoms with Crippen LogP contribution in [-0.4, -0.2) is 26.9 Å². The summed E-state index contributed by atoms with van der Waals surface area (Å²) in [6.45, 7) is 3.52. The van der Waals surface area contributed by atoms with Gasteiger partial charge in [-0.2, -0.15) is 9.78 Å². The van der Waals surface area contributed by atoms with Crippen LogP contribution in [0.15, 0.2) is 79.4 Å². The fourth-order valence-corrected chi connectivity index (χ4v) is 4.47. The second kappa shape index (κ2) is 9.79. The number of aromatic nitrogens is 2. The molecule has 37 heavy (non-hydrogen) atoms. The summed E-state index contributed by atoms with van der Waals surface area (Å²) in [5.41, 5.74) is 0.660. The number of hydrogen-bond donors (Lipinski definition) is 0. The van der Waals surface area contributed by atoms with Crippen LogP contribution < -0.4 is 10.3 Å². The summed E-state index contributed by atoms with van der Waals surface area (Å²) in [6.07, 6.45) is 0.992. The molecule has 3 aromatic carbocycles. The van der Waals surface area contributed by atoms with Gasteiger partial charge in [0.25, 0.3) is 5.56 Å². The normalized spacial score (nSPS) is 11.7.